The van der Waals surface area contributed by atoms with Gasteiger partial charge in [-0.05, 0) is 6.92 Å². The molecule has 2 radical (unpaired) electrons. The van der Waals surface area contributed by atoms with Gasteiger partial charge in [-0.25, -0.2) is 0 Å². The topological polar surface area (TPSA) is 0 Å². The van der Waals surface area contributed by atoms with Gasteiger partial charge in [0.1, 0.15) is 0 Å². The van der Waals surface area contributed by atoms with Gasteiger partial charge in [-0.2, -0.15) is 13.2 Å². The minimum atomic E-state index is -3.08. The molecule has 3 heteroatoms. The Kier molecular flexibility index (Phi) is 12.7. The third-order valence-corrected chi connectivity index (χ3v) is 0. The molecule has 0 spiro atoms. The molecule has 0 aromatic heterocycles. The molecule has 0 aliphatic heterocycles. The molecule has 42 valence electrons. The van der Waals surface area contributed by atoms with E-state index in [0.717, 1.165) is 0 Å². The molecule has 0 aromatic rings. The summed E-state index contributed by atoms with van der Waals surface area (Å²) in [6.07, 6.45) is 1.50. The first-order valence-corrected chi connectivity index (χ1v) is 1.38. The Labute approximate surface area is 40.6 Å². The van der Waals surface area contributed by atoms with E-state index in [9.17, 15) is 13.2 Å². The normalized spacial score (nSPS) is 7.00. The van der Waals surface area contributed by atoms with Gasteiger partial charge in [0.2, 0.25) is 0 Å². The van der Waals surface area contributed by atoms with Crippen LogP contribution in [0.4, 0.5) is 13.2 Å². The molecule has 0 aliphatic rings. The Morgan fingerprint density at radius 2 is 1.29 bits per heavy atom. The van der Waals surface area contributed by atoms with E-state index in [4.69, 9.17) is 0 Å². The van der Waals surface area contributed by atoms with E-state index >= 15 is 0 Å². The van der Waals surface area contributed by atoms with E-state index in [-0.39, 0.29) is 0 Å². The number of hydrogen-bond donors (Lipinski definition) is 0. The van der Waals surface area contributed by atoms with Gasteiger partial charge in [0.25, 0.3) is 0 Å². The van der Waals surface area contributed by atoms with Gasteiger partial charge in [0, 0.05) is 0 Å². The molecule has 0 aliphatic carbocycles. The number of rotatable bonds is 0. The Balaban J connectivity index is 0. The smallest absolute Gasteiger partial charge is 0.162 e. The predicted molar refractivity (Wildman–Crippen MR) is 22.1 cm³/mol. The summed E-state index contributed by atoms with van der Waals surface area (Å²) < 4.78 is 28.8. The molecule has 0 N–H and O–H groups in total. The molecule has 0 amide bonds. The third-order valence-electron chi connectivity index (χ3n) is 0. The highest BCUT2D eigenvalue weighted by Crippen LogP contribution is 1.99. The minimum Gasteiger partial charge on any atom is -0.162 e. The van der Waals surface area contributed by atoms with Crippen molar-refractivity contribution >= 4 is 0 Å². The second-order valence-corrected chi connectivity index (χ2v) is 0.503. The van der Waals surface area contributed by atoms with Crippen molar-refractivity contribution in [2.45, 2.75) is 0 Å². The summed E-state index contributed by atoms with van der Waals surface area (Å²) in [5.41, 5.74) is 0. The van der Waals surface area contributed by atoms with Crippen molar-refractivity contribution in [3.8, 4) is 0 Å². The van der Waals surface area contributed by atoms with Crippen LogP contribution in [0, 0.1) is 13.6 Å². The van der Waals surface area contributed by atoms with Crippen LogP contribution < -0.4 is 0 Å². The molecule has 0 aromatic carbocycles. The van der Waals surface area contributed by atoms with Crippen LogP contribution in [0.15, 0.2) is 12.7 Å². The lowest BCUT2D eigenvalue weighted by Crippen LogP contribution is -1.49. The fourth-order valence-electron chi connectivity index (χ4n) is 0. The summed E-state index contributed by atoms with van der Waals surface area (Å²) >= 11 is 0. The molecule has 0 nitrogen and oxygen atoms in total. The first-order chi connectivity index (χ1) is 3.15. The van der Waals surface area contributed by atoms with Crippen LogP contribution in [0.1, 0.15) is 0 Å². The average Bonchev–Trinajstić information content (AvgIpc) is 1.33. The molecule has 0 saturated heterocycles. The highest BCUT2D eigenvalue weighted by atomic mass is 19.4. The van der Waals surface area contributed by atoms with E-state index in [2.05, 4.69) is 13.5 Å². The molecule has 0 saturated carbocycles. The van der Waals surface area contributed by atoms with Gasteiger partial charge in [0.15, 0.2) is 0 Å². The lowest BCUT2D eigenvalue weighted by Gasteiger charge is -1.60. The Bertz CT molecular complexity index is 31.2. The number of allylic oxidation sites excluding steroid dienone is 1. The summed E-state index contributed by atoms with van der Waals surface area (Å²) in [7, 11) is 0. The van der Waals surface area contributed by atoms with Crippen LogP contribution in [0.5, 0.6) is 0 Å². The SMILES string of the molecule is F[C](F)F.[CH2]C=C. The van der Waals surface area contributed by atoms with Gasteiger partial charge < -0.3 is 0 Å². The predicted octanol–water partition coefficient (Wildman–Crippen LogP) is 2.35. The van der Waals surface area contributed by atoms with E-state index in [1.807, 2.05) is 0 Å². The number of hydrogen-bond acceptors (Lipinski definition) is 0. The van der Waals surface area contributed by atoms with Crippen LogP contribution in [-0.2, 0) is 0 Å². The monoisotopic (exact) mass is 110 g/mol. The minimum absolute atomic E-state index is 1.50. The van der Waals surface area contributed by atoms with E-state index in [0.29, 0.717) is 0 Å². The van der Waals surface area contributed by atoms with Gasteiger partial charge in [-0.15, -0.1) is 6.58 Å². The Morgan fingerprint density at radius 3 is 1.29 bits per heavy atom. The maximum atomic E-state index is 9.58. The number of halogens is 3. The second kappa shape index (κ2) is 9.11. The molecular weight excluding hydrogens is 105 g/mol. The maximum absolute atomic E-state index is 9.58. The summed E-state index contributed by atoms with van der Waals surface area (Å²) in [6.45, 7) is 3.42. The second-order valence-electron chi connectivity index (χ2n) is 0.503. The zero-order valence-corrected chi connectivity index (χ0v) is 3.63. The maximum Gasteiger partial charge on any atom is 0.487 e. The molecule has 0 fully saturated rings. The van der Waals surface area contributed by atoms with E-state index in [1.54, 1.807) is 0 Å². The third kappa shape index (κ3) is 312. The van der Waals surface area contributed by atoms with Crippen molar-refractivity contribution in [3.05, 3.63) is 26.3 Å². The summed E-state index contributed by atoms with van der Waals surface area (Å²) in [4.78, 5) is 0. The summed E-state index contributed by atoms with van der Waals surface area (Å²) in [5, 5.41) is 0. The van der Waals surface area contributed by atoms with Crippen molar-refractivity contribution in [1.82, 2.24) is 0 Å². The van der Waals surface area contributed by atoms with Gasteiger partial charge in [0.05, 0.1) is 0 Å². The van der Waals surface area contributed by atoms with Crippen molar-refractivity contribution in [2.24, 2.45) is 0 Å². The first-order valence-electron chi connectivity index (χ1n) is 1.38. The zero-order valence-electron chi connectivity index (χ0n) is 3.63. The lowest BCUT2D eigenvalue weighted by atomic mass is 10.8. The van der Waals surface area contributed by atoms with Gasteiger partial charge >= 0.3 is 6.68 Å². The standard InChI is InChI=1S/C3H5.CF3/c1-3-2;2-1(3)4/h3H,1-2H2;. The summed E-state index contributed by atoms with van der Waals surface area (Å²) in [5.74, 6) is 0. The Hall–Kier alpha value is -0.470. The van der Waals surface area contributed by atoms with Crippen LogP contribution >= 0.6 is 0 Å². The highest BCUT2D eigenvalue weighted by Gasteiger charge is 1.93. The zero-order chi connectivity index (χ0) is 6.28. The average molecular weight is 110 g/mol. The molecule has 0 unspecified atom stereocenters. The molecule has 0 atom stereocenters. The fourth-order valence-corrected chi connectivity index (χ4v) is 0. The molecule has 0 bridgehead atoms. The molecule has 0 rings (SSSR count). The van der Waals surface area contributed by atoms with E-state index in [1.165, 1.54) is 6.08 Å². The van der Waals surface area contributed by atoms with Crippen molar-refractivity contribution in [1.29, 1.82) is 0 Å². The van der Waals surface area contributed by atoms with E-state index < -0.39 is 6.68 Å². The van der Waals surface area contributed by atoms with Crippen molar-refractivity contribution < 1.29 is 13.2 Å². The van der Waals surface area contributed by atoms with Crippen LogP contribution in [0.3, 0.4) is 0 Å². The van der Waals surface area contributed by atoms with Gasteiger partial charge in [-0.3, -0.25) is 0 Å². The quantitative estimate of drug-likeness (QED) is 0.449. The van der Waals surface area contributed by atoms with Crippen molar-refractivity contribution in [3.63, 3.8) is 0 Å². The van der Waals surface area contributed by atoms with Crippen molar-refractivity contribution in [2.75, 3.05) is 0 Å². The molecule has 0 heterocycles. The largest absolute Gasteiger partial charge is 0.487 e. The van der Waals surface area contributed by atoms with Crippen LogP contribution in [0.2, 0.25) is 0 Å². The fraction of sp³-hybridized carbons (Fsp3) is 0. The molecular formula is C4H5F3. The van der Waals surface area contributed by atoms with Crippen LogP contribution in [0.25, 0.3) is 0 Å². The lowest BCUT2D eigenvalue weighted by molar-refractivity contribution is 0.142. The van der Waals surface area contributed by atoms with Crippen LogP contribution in [-0.4, -0.2) is 0 Å². The highest BCUT2D eigenvalue weighted by molar-refractivity contribution is 4.66. The molecule has 7 heavy (non-hydrogen) atoms. The summed E-state index contributed by atoms with van der Waals surface area (Å²) in [6, 6.07) is 0. The van der Waals surface area contributed by atoms with Gasteiger partial charge in [-0.1, -0.05) is 6.08 Å². The first kappa shape index (κ1) is 9.73. The Morgan fingerprint density at radius 1 is 1.29 bits per heavy atom.